The van der Waals surface area contributed by atoms with Crippen LogP contribution in [0.25, 0.3) is 11.0 Å². The maximum Gasteiger partial charge on any atom is 0.134 e. The topological polar surface area (TPSA) is 51.0 Å². The highest BCUT2D eigenvalue weighted by molar-refractivity contribution is 7.03. The fraction of sp³-hybridized carbons (Fsp3) is 0.286. The van der Waals surface area contributed by atoms with Gasteiger partial charge in [0.2, 0.25) is 0 Å². The van der Waals surface area contributed by atoms with Gasteiger partial charge in [0.1, 0.15) is 23.1 Å². The molecule has 5 heteroatoms. The van der Waals surface area contributed by atoms with Gasteiger partial charge >= 0.3 is 0 Å². The molecule has 0 aliphatic rings. The van der Waals surface area contributed by atoms with E-state index >= 15 is 0 Å². The average molecular weight is 273 g/mol. The van der Waals surface area contributed by atoms with Gasteiger partial charge < -0.3 is 9.73 Å². The second-order valence-electron chi connectivity index (χ2n) is 4.51. The van der Waals surface area contributed by atoms with E-state index in [1.54, 1.807) is 0 Å². The number of aromatic nitrogens is 2. The Bertz CT molecular complexity index is 675. The Morgan fingerprint density at radius 2 is 2.26 bits per heavy atom. The van der Waals surface area contributed by atoms with E-state index in [0.29, 0.717) is 0 Å². The van der Waals surface area contributed by atoms with Crippen molar-refractivity contribution in [1.29, 1.82) is 0 Å². The van der Waals surface area contributed by atoms with Gasteiger partial charge in [-0.15, -0.1) is 5.10 Å². The number of nitrogens with one attached hydrogen (secondary N) is 1. The summed E-state index contributed by atoms with van der Waals surface area (Å²) in [6.45, 7) is 5.00. The molecule has 0 bridgehead atoms. The van der Waals surface area contributed by atoms with Crippen LogP contribution in [0.4, 0.5) is 0 Å². The molecule has 2 heterocycles. The minimum atomic E-state index is -0.0311. The molecule has 98 valence electrons. The molecule has 0 amide bonds. The summed E-state index contributed by atoms with van der Waals surface area (Å²) in [5.74, 6) is 0.884. The molecule has 1 atom stereocenters. The van der Waals surface area contributed by atoms with Crippen molar-refractivity contribution in [3.05, 3.63) is 46.7 Å². The van der Waals surface area contributed by atoms with Crippen molar-refractivity contribution in [2.45, 2.75) is 19.9 Å². The number of furan rings is 1. The number of aryl methyl sites for hydroxylation is 1. The molecular weight excluding hydrogens is 258 g/mol. The first-order chi connectivity index (χ1) is 9.28. The minimum Gasteiger partial charge on any atom is -0.459 e. The van der Waals surface area contributed by atoms with Crippen LogP contribution in [-0.4, -0.2) is 16.1 Å². The summed E-state index contributed by atoms with van der Waals surface area (Å²) >= 11 is 1.35. The lowest BCUT2D eigenvalue weighted by Crippen LogP contribution is -2.21. The van der Waals surface area contributed by atoms with Crippen LogP contribution in [0.3, 0.4) is 0 Å². The van der Waals surface area contributed by atoms with Crippen molar-refractivity contribution in [3.8, 4) is 0 Å². The van der Waals surface area contributed by atoms with E-state index in [2.05, 4.69) is 47.0 Å². The third kappa shape index (κ3) is 2.39. The molecule has 3 rings (SSSR count). The van der Waals surface area contributed by atoms with Gasteiger partial charge in [0.05, 0.1) is 0 Å². The maximum absolute atomic E-state index is 5.94. The van der Waals surface area contributed by atoms with Gasteiger partial charge in [0, 0.05) is 10.8 Å². The smallest absolute Gasteiger partial charge is 0.134 e. The summed E-state index contributed by atoms with van der Waals surface area (Å²) in [7, 11) is 0. The molecule has 0 aliphatic heterocycles. The van der Waals surface area contributed by atoms with Crippen LogP contribution in [0.15, 0.2) is 34.1 Å². The first-order valence-electron chi connectivity index (χ1n) is 6.28. The third-order valence-electron chi connectivity index (χ3n) is 3.06. The normalized spacial score (nSPS) is 12.9. The lowest BCUT2D eigenvalue weighted by molar-refractivity contribution is 0.471. The fourth-order valence-corrected chi connectivity index (χ4v) is 2.66. The van der Waals surface area contributed by atoms with Crippen molar-refractivity contribution in [1.82, 2.24) is 14.9 Å². The molecule has 19 heavy (non-hydrogen) atoms. The van der Waals surface area contributed by atoms with Crippen LogP contribution < -0.4 is 5.32 Å². The van der Waals surface area contributed by atoms with Crippen LogP contribution >= 0.6 is 11.5 Å². The Morgan fingerprint density at radius 1 is 1.37 bits per heavy atom. The molecule has 0 saturated carbocycles. The molecule has 0 spiro atoms. The SMILES string of the molecule is CCNC(c1csnn1)c1cc2cc(C)ccc2o1. The molecule has 3 aromatic rings. The van der Waals surface area contributed by atoms with E-state index in [4.69, 9.17) is 4.42 Å². The summed E-state index contributed by atoms with van der Waals surface area (Å²) in [5, 5.41) is 10.6. The standard InChI is InChI=1S/C14H15N3OS/c1-3-15-14(11-8-19-17-16-11)13-7-10-6-9(2)4-5-12(10)18-13/h4-8,14-15H,3H2,1-2H3. The highest BCUT2D eigenvalue weighted by Gasteiger charge is 2.20. The van der Waals surface area contributed by atoms with Gasteiger partial charge in [0.15, 0.2) is 0 Å². The number of hydrogen-bond acceptors (Lipinski definition) is 5. The second kappa shape index (κ2) is 5.11. The van der Waals surface area contributed by atoms with Gasteiger partial charge in [0.25, 0.3) is 0 Å². The van der Waals surface area contributed by atoms with Gasteiger partial charge in [-0.05, 0) is 43.2 Å². The Balaban J connectivity index is 2.05. The van der Waals surface area contributed by atoms with E-state index in [9.17, 15) is 0 Å². The Hall–Kier alpha value is -1.72. The molecule has 1 N–H and O–H groups in total. The van der Waals surface area contributed by atoms with E-state index in [1.807, 2.05) is 11.4 Å². The Morgan fingerprint density at radius 3 is 3.00 bits per heavy atom. The lowest BCUT2D eigenvalue weighted by Gasteiger charge is -2.11. The molecule has 0 aliphatic carbocycles. The largest absolute Gasteiger partial charge is 0.459 e. The van der Waals surface area contributed by atoms with Crippen LogP contribution in [0.1, 0.15) is 30.0 Å². The predicted octanol–water partition coefficient (Wildman–Crippen LogP) is 3.29. The zero-order valence-electron chi connectivity index (χ0n) is 10.9. The van der Waals surface area contributed by atoms with Gasteiger partial charge in [-0.2, -0.15) is 0 Å². The monoisotopic (exact) mass is 273 g/mol. The summed E-state index contributed by atoms with van der Waals surface area (Å²) in [6, 6.07) is 8.25. The van der Waals surface area contributed by atoms with Crippen molar-refractivity contribution in [2.75, 3.05) is 6.54 Å². The summed E-state index contributed by atoms with van der Waals surface area (Å²) in [6.07, 6.45) is 0. The number of rotatable bonds is 4. The van der Waals surface area contributed by atoms with Gasteiger partial charge in [-0.1, -0.05) is 23.0 Å². The van der Waals surface area contributed by atoms with E-state index < -0.39 is 0 Å². The van der Waals surface area contributed by atoms with Gasteiger partial charge in [-0.3, -0.25) is 0 Å². The van der Waals surface area contributed by atoms with Crippen LogP contribution in [-0.2, 0) is 0 Å². The van der Waals surface area contributed by atoms with Crippen molar-refractivity contribution >= 4 is 22.5 Å². The molecule has 0 fully saturated rings. The zero-order valence-corrected chi connectivity index (χ0v) is 11.7. The Kier molecular flexibility index (Phi) is 3.31. The molecule has 0 radical (unpaired) electrons. The van der Waals surface area contributed by atoms with E-state index in [1.165, 1.54) is 17.1 Å². The fourth-order valence-electron chi connectivity index (χ4n) is 2.18. The lowest BCUT2D eigenvalue weighted by atomic mass is 10.1. The first-order valence-corrected chi connectivity index (χ1v) is 7.12. The van der Waals surface area contributed by atoms with Crippen molar-refractivity contribution in [3.63, 3.8) is 0 Å². The van der Waals surface area contributed by atoms with Gasteiger partial charge in [-0.25, -0.2) is 0 Å². The highest BCUT2D eigenvalue weighted by Crippen LogP contribution is 2.28. The van der Waals surface area contributed by atoms with Crippen molar-refractivity contribution < 1.29 is 4.42 Å². The molecule has 1 aromatic carbocycles. The number of nitrogens with zero attached hydrogens (tertiary/aromatic N) is 2. The summed E-state index contributed by atoms with van der Waals surface area (Å²) < 4.78 is 9.86. The van der Waals surface area contributed by atoms with Crippen LogP contribution in [0.5, 0.6) is 0 Å². The summed E-state index contributed by atoms with van der Waals surface area (Å²) in [5.41, 5.74) is 3.05. The second-order valence-corrected chi connectivity index (χ2v) is 5.12. The number of benzene rings is 1. The third-order valence-corrected chi connectivity index (χ3v) is 3.58. The van der Waals surface area contributed by atoms with Crippen LogP contribution in [0, 0.1) is 6.92 Å². The average Bonchev–Trinajstić information content (AvgIpc) is 3.04. The molecule has 4 nitrogen and oxygen atoms in total. The van der Waals surface area contributed by atoms with Crippen molar-refractivity contribution in [2.24, 2.45) is 0 Å². The highest BCUT2D eigenvalue weighted by atomic mass is 32.1. The number of hydrogen-bond donors (Lipinski definition) is 1. The number of fused-ring (bicyclic) bond motifs is 1. The maximum atomic E-state index is 5.94. The molecule has 2 aromatic heterocycles. The van der Waals surface area contributed by atoms with Crippen LogP contribution in [0.2, 0.25) is 0 Å². The molecule has 0 saturated heterocycles. The quantitative estimate of drug-likeness (QED) is 0.792. The van der Waals surface area contributed by atoms with E-state index in [0.717, 1.165) is 29.0 Å². The molecule has 1 unspecified atom stereocenters. The zero-order chi connectivity index (χ0) is 13.2. The first kappa shape index (κ1) is 12.3. The molecular formula is C14H15N3OS. The Labute approximate surface area is 115 Å². The summed E-state index contributed by atoms with van der Waals surface area (Å²) in [4.78, 5) is 0. The minimum absolute atomic E-state index is 0.0311. The predicted molar refractivity (Wildman–Crippen MR) is 76.4 cm³/mol. The van der Waals surface area contributed by atoms with E-state index in [-0.39, 0.29) is 6.04 Å².